The number of aryl methyl sites for hydroxylation is 1. The molecule has 47 heavy (non-hydrogen) atoms. The number of nitrogens with one attached hydrogen (secondary N) is 1. The molecule has 0 unspecified atom stereocenters. The summed E-state index contributed by atoms with van der Waals surface area (Å²) in [4.78, 5) is 13.2. The van der Waals surface area contributed by atoms with Crippen LogP contribution in [0.15, 0.2) is 96.0 Å². The number of hydrogen-bond donors (Lipinski definition) is 1. The number of carbonyl (C=O) groups excluding carboxylic acids is 1. The molecule has 1 aromatic heterocycles. The maximum absolute atomic E-state index is 14.8. The van der Waals surface area contributed by atoms with Gasteiger partial charge in [0.25, 0.3) is 0 Å². The number of rotatable bonds is 14. The van der Waals surface area contributed by atoms with Gasteiger partial charge in [-0.25, -0.2) is 8.42 Å². The molecule has 5 rings (SSSR count). The second-order valence-corrected chi connectivity index (χ2v) is 14.1. The molecule has 0 radical (unpaired) electrons. The molecule has 5 aromatic rings. The van der Waals surface area contributed by atoms with Crippen LogP contribution in [0.5, 0.6) is 11.5 Å². The van der Waals surface area contributed by atoms with Crippen LogP contribution in [0.2, 0.25) is 5.02 Å². The number of methoxy groups -OCH3 is 2. The van der Waals surface area contributed by atoms with E-state index < -0.39 is 10.0 Å². The van der Waals surface area contributed by atoms with Gasteiger partial charge in [-0.1, -0.05) is 67.9 Å². The second kappa shape index (κ2) is 15.0. The maximum Gasteiger partial charge on any atom is 0.244 e. The fraction of sp³-hybridized carbons (Fsp3) is 0.278. The van der Waals surface area contributed by atoms with E-state index in [2.05, 4.69) is 19.2 Å². The highest BCUT2D eigenvalue weighted by atomic mass is 35.5. The number of halogens is 1. The summed E-state index contributed by atoms with van der Waals surface area (Å²) in [6.07, 6.45) is 2.68. The van der Waals surface area contributed by atoms with E-state index in [4.69, 9.17) is 26.2 Å². The molecule has 1 N–H and O–H groups in total. The third kappa shape index (κ3) is 8.51. The number of amides is 1. The van der Waals surface area contributed by atoms with Gasteiger partial charge in [-0.15, -0.1) is 0 Å². The largest absolute Gasteiger partial charge is 0.497 e. The van der Waals surface area contributed by atoms with Crippen LogP contribution in [0.1, 0.15) is 37.0 Å². The smallest absolute Gasteiger partial charge is 0.244 e. The van der Waals surface area contributed by atoms with Crippen LogP contribution in [0, 0.1) is 5.92 Å². The Morgan fingerprint density at radius 1 is 0.915 bits per heavy atom. The first kappa shape index (κ1) is 34.0. The minimum absolute atomic E-state index is 0.0314. The fourth-order valence-corrected chi connectivity index (χ4v) is 7.02. The summed E-state index contributed by atoms with van der Waals surface area (Å²) in [5.74, 6) is 1.46. The number of aromatic nitrogens is 2. The average Bonchev–Trinajstić information content (AvgIpc) is 3.47. The average molecular weight is 675 g/mol. The van der Waals surface area contributed by atoms with E-state index in [0.29, 0.717) is 51.1 Å². The molecule has 0 aliphatic rings. The van der Waals surface area contributed by atoms with Crippen molar-refractivity contribution in [2.24, 2.45) is 5.92 Å². The molecule has 0 spiro atoms. The van der Waals surface area contributed by atoms with Crippen molar-refractivity contribution in [2.75, 3.05) is 19.5 Å². The molecule has 1 heterocycles. The predicted molar refractivity (Wildman–Crippen MR) is 185 cm³/mol. The zero-order valence-electron chi connectivity index (χ0n) is 26.9. The Balaban J connectivity index is 1.56. The Kier molecular flexibility index (Phi) is 10.9. The van der Waals surface area contributed by atoms with E-state index in [1.807, 2.05) is 30.3 Å². The van der Waals surface area contributed by atoms with Crippen LogP contribution < -0.4 is 14.8 Å². The van der Waals surface area contributed by atoms with Gasteiger partial charge in [0.2, 0.25) is 15.9 Å². The van der Waals surface area contributed by atoms with Crippen molar-refractivity contribution in [3.8, 4) is 11.5 Å². The Morgan fingerprint density at radius 3 is 2.06 bits per heavy atom. The first-order valence-electron chi connectivity index (χ1n) is 15.4. The van der Waals surface area contributed by atoms with Gasteiger partial charge in [0.15, 0.2) is 0 Å². The molecule has 0 saturated carbocycles. The lowest BCUT2D eigenvalue weighted by Gasteiger charge is -2.23. The number of sulfonamides is 1. The first-order chi connectivity index (χ1) is 22.5. The Hall–Kier alpha value is -4.38. The van der Waals surface area contributed by atoms with Gasteiger partial charge in [0.05, 0.1) is 31.1 Å². The molecular formula is C36H39ClN4O5S. The fourth-order valence-electron chi connectivity index (χ4n) is 5.19. The number of hydrogen-bond acceptors (Lipinski definition) is 6. The van der Waals surface area contributed by atoms with E-state index in [9.17, 15) is 13.2 Å². The summed E-state index contributed by atoms with van der Waals surface area (Å²) in [5, 5.41) is 8.57. The van der Waals surface area contributed by atoms with E-state index in [0.717, 1.165) is 17.5 Å². The quantitative estimate of drug-likeness (QED) is 0.132. The lowest BCUT2D eigenvalue weighted by Crippen LogP contribution is -2.30. The Bertz CT molecular complexity index is 1890. The number of ether oxygens (including phenoxy) is 2. The van der Waals surface area contributed by atoms with E-state index in [-0.39, 0.29) is 30.3 Å². The number of nitrogens with zero attached hydrogens (tertiary/aromatic N) is 3. The third-order valence-electron chi connectivity index (χ3n) is 7.82. The van der Waals surface area contributed by atoms with Crippen molar-refractivity contribution in [3.63, 3.8) is 0 Å². The Labute approximate surface area is 281 Å². The highest BCUT2D eigenvalue weighted by molar-refractivity contribution is 7.89. The highest BCUT2D eigenvalue weighted by Crippen LogP contribution is 2.32. The summed E-state index contributed by atoms with van der Waals surface area (Å²) in [6, 6.07) is 25.0. The first-order valence-corrected chi connectivity index (χ1v) is 17.2. The predicted octanol–water partition coefficient (Wildman–Crippen LogP) is 7.33. The topological polar surface area (TPSA) is 103 Å². The van der Waals surface area contributed by atoms with E-state index in [1.54, 1.807) is 73.6 Å². The number of anilines is 1. The standard InChI is InChI=1S/C36H39ClN4O5S/c1-25(2)17-18-40-24-32-34(39-40)20-29(38-36(42)19-28-7-5-6-8-33(28)37)21-35(32)47(43,44)41(22-26-9-13-30(45-3)14-10-26)23-27-11-15-31(46-4)16-12-27/h5-16,20-21,24-25H,17-19,22-23H2,1-4H3,(H,38,42). The minimum atomic E-state index is -4.15. The maximum atomic E-state index is 14.8. The summed E-state index contributed by atoms with van der Waals surface area (Å²) in [6.45, 7) is 5.08. The molecule has 0 atom stereocenters. The zero-order valence-corrected chi connectivity index (χ0v) is 28.5. The van der Waals surface area contributed by atoms with Crippen LogP contribution in [0.3, 0.4) is 0 Å². The van der Waals surface area contributed by atoms with E-state index in [1.165, 1.54) is 10.4 Å². The molecule has 0 bridgehead atoms. The van der Waals surface area contributed by atoms with Gasteiger partial charge in [0, 0.05) is 41.9 Å². The monoisotopic (exact) mass is 674 g/mol. The van der Waals surface area contributed by atoms with Gasteiger partial charge in [-0.3, -0.25) is 9.48 Å². The molecule has 246 valence electrons. The summed E-state index contributed by atoms with van der Waals surface area (Å²) >= 11 is 6.30. The lowest BCUT2D eigenvalue weighted by atomic mass is 10.1. The van der Waals surface area contributed by atoms with Crippen LogP contribution in [0.4, 0.5) is 5.69 Å². The molecule has 1 amide bonds. The minimum Gasteiger partial charge on any atom is -0.497 e. The molecule has 11 heteroatoms. The van der Waals surface area contributed by atoms with E-state index >= 15 is 0 Å². The van der Waals surface area contributed by atoms with Crippen LogP contribution in [-0.4, -0.2) is 42.6 Å². The summed E-state index contributed by atoms with van der Waals surface area (Å²) < 4.78 is 43.3. The number of carbonyl (C=O) groups is 1. The number of benzene rings is 4. The summed E-state index contributed by atoms with van der Waals surface area (Å²) in [7, 11) is -0.981. The molecule has 0 aliphatic heterocycles. The second-order valence-electron chi connectivity index (χ2n) is 11.8. The van der Waals surface area contributed by atoms with Gasteiger partial charge < -0.3 is 14.8 Å². The van der Waals surface area contributed by atoms with Gasteiger partial charge >= 0.3 is 0 Å². The van der Waals surface area contributed by atoms with Gasteiger partial charge in [0.1, 0.15) is 11.5 Å². The van der Waals surface area contributed by atoms with Crippen molar-refractivity contribution in [1.29, 1.82) is 0 Å². The lowest BCUT2D eigenvalue weighted by molar-refractivity contribution is -0.115. The molecule has 0 saturated heterocycles. The van der Waals surface area contributed by atoms with Crippen molar-refractivity contribution in [2.45, 2.75) is 51.2 Å². The van der Waals surface area contributed by atoms with Crippen molar-refractivity contribution < 1.29 is 22.7 Å². The van der Waals surface area contributed by atoms with Gasteiger partial charge in [-0.05, 0) is 71.5 Å². The Morgan fingerprint density at radius 2 is 1.51 bits per heavy atom. The van der Waals surface area contributed by atoms with Gasteiger partial charge in [-0.2, -0.15) is 9.40 Å². The molecule has 0 aliphatic carbocycles. The molecule has 9 nitrogen and oxygen atoms in total. The van der Waals surface area contributed by atoms with Crippen LogP contribution in [-0.2, 0) is 40.9 Å². The molecule has 0 fully saturated rings. The normalized spacial score (nSPS) is 11.7. The van der Waals surface area contributed by atoms with Crippen LogP contribution in [0.25, 0.3) is 10.9 Å². The third-order valence-corrected chi connectivity index (χ3v) is 10.0. The zero-order chi connectivity index (χ0) is 33.6. The van der Waals surface area contributed by atoms with Crippen LogP contribution >= 0.6 is 11.6 Å². The van der Waals surface area contributed by atoms with Crippen molar-refractivity contribution in [1.82, 2.24) is 14.1 Å². The summed E-state index contributed by atoms with van der Waals surface area (Å²) in [5.41, 5.74) is 3.04. The highest BCUT2D eigenvalue weighted by Gasteiger charge is 2.29. The number of fused-ring (bicyclic) bond motifs is 1. The van der Waals surface area contributed by atoms with Crippen molar-refractivity contribution in [3.05, 3.63) is 113 Å². The molecular weight excluding hydrogens is 636 g/mol. The molecule has 4 aromatic carbocycles. The van der Waals surface area contributed by atoms with Crippen molar-refractivity contribution >= 4 is 44.1 Å². The SMILES string of the molecule is COc1ccc(CN(Cc2ccc(OC)cc2)S(=O)(=O)c2cc(NC(=O)Cc3ccccc3Cl)cc3nn(CCC(C)C)cc23)cc1.